The third-order valence-corrected chi connectivity index (χ3v) is 5.57. The molecule has 2 N–H and O–H groups in total. The van der Waals surface area contributed by atoms with E-state index in [1.807, 2.05) is 12.1 Å². The summed E-state index contributed by atoms with van der Waals surface area (Å²) in [5, 5.41) is 3.79. The minimum Gasteiger partial charge on any atom is -0.368 e. The zero-order chi connectivity index (χ0) is 17.3. The SMILES string of the molecule is CC(=O)C(Sc1nc2cc(Cl)c(N3CCNCC3)cc2[nH]1)C(C)=O.Cl.Cl. The van der Waals surface area contributed by atoms with Crippen LogP contribution < -0.4 is 10.2 Å². The van der Waals surface area contributed by atoms with Crippen LogP contribution in [0.2, 0.25) is 5.02 Å². The third-order valence-electron chi connectivity index (χ3n) is 3.95. The van der Waals surface area contributed by atoms with Crippen molar-refractivity contribution >= 4 is 76.5 Å². The van der Waals surface area contributed by atoms with Gasteiger partial charge in [0.25, 0.3) is 0 Å². The van der Waals surface area contributed by atoms with Gasteiger partial charge in [-0.2, -0.15) is 0 Å². The van der Waals surface area contributed by atoms with Crippen LogP contribution in [0.5, 0.6) is 0 Å². The van der Waals surface area contributed by atoms with Gasteiger partial charge in [-0.05, 0) is 26.0 Å². The maximum Gasteiger partial charge on any atom is 0.167 e. The number of thioether (sulfide) groups is 1. The number of piperazine rings is 1. The zero-order valence-electron chi connectivity index (χ0n) is 14.4. The van der Waals surface area contributed by atoms with Crippen LogP contribution in [-0.2, 0) is 9.59 Å². The summed E-state index contributed by atoms with van der Waals surface area (Å²) in [4.78, 5) is 33.1. The van der Waals surface area contributed by atoms with Gasteiger partial charge in [0.15, 0.2) is 16.7 Å². The molecule has 1 saturated heterocycles. The summed E-state index contributed by atoms with van der Waals surface area (Å²) in [5.74, 6) is -0.347. The molecule has 0 spiro atoms. The lowest BCUT2D eigenvalue weighted by atomic mass is 10.2. The number of halogens is 3. The fourth-order valence-electron chi connectivity index (χ4n) is 2.76. The van der Waals surface area contributed by atoms with Gasteiger partial charge in [0.2, 0.25) is 0 Å². The Hall–Kier alpha value is -0.990. The van der Waals surface area contributed by atoms with Crippen LogP contribution in [0.25, 0.3) is 11.0 Å². The highest BCUT2D eigenvalue weighted by Gasteiger charge is 2.23. The van der Waals surface area contributed by atoms with Gasteiger partial charge in [-0.1, -0.05) is 23.4 Å². The summed E-state index contributed by atoms with van der Waals surface area (Å²) >= 11 is 7.57. The molecule has 0 saturated carbocycles. The van der Waals surface area contributed by atoms with E-state index in [4.69, 9.17) is 11.6 Å². The van der Waals surface area contributed by atoms with Crippen molar-refractivity contribution in [1.82, 2.24) is 15.3 Å². The molecular weight excluding hydrogens is 419 g/mol. The molecule has 1 fully saturated rings. The first kappa shape index (κ1) is 23.0. The van der Waals surface area contributed by atoms with E-state index in [9.17, 15) is 9.59 Å². The molecule has 0 radical (unpaired) electrons. The summed E-state index contributed by atoms with van der Waals surface area (Å²) in [6, 6.07) is 3.81. The van der Waals surface area contributed by atoms with Crippen LogP contribution in [0, 0.1) is 0 Å². The van der Waals surface area contributed by atoms with Crippen molar-refractivity contribution in [2.45, 2.75) is 24.3 Å². The van der Waals surface area contributed by atoms with Crippen molar-refractivity contribution in [1.29, 1.82) is 0 Å². The lowest BCUT2D eigenvalue weighted by Gasteiger charge is -2.30. The fourth-order valence-corrected chi connectivity index (χ4v) is 3.92. The smallest absolute Gasteiger partial charge is 0.167 e. The van der Waals surface area contributed by atoms with E-state index in [-0.39, 0.29) is 36.4 Å². The minimum atomic E-state index is -0.728. The van der Waals surface area contributed by atoms with Crippen molar-refractivity contribution in [3.63, 3.8) is 0 Å². The largest absolute Gasteiger partial charge is 0.368 e. The second kappa shape index (κ2) is 9.80. The van der Waals surface area contributed by atoms with Gasteiger partial charge in [0.1, 0.15) is 5.25 Å². The Kier molecular flexibility index (Phi) is 8.69. The van der Waals surface area contributed by atoms with Crippen LogP contribution in [-0.4, -0.2) is 53.0 Å². The molecule has 3 rings (SSSR count). The molecule has 1 aromatic heterocycles. The second-order valence-corrected chi connectivity index (χ2v) is 7.32. The monoisotopic (exact) mass is 438 g/mol. The van der Waals surface area contributed by atoms with E-state index in [1.54, 1.807) is 0 Å². The molecule has 0 bridgehead atoms. The summed E-state index contributed by atoms with van der Waals surface area (Å²) in [5.41, 5.74) is 2.55. The number of imidazole rings is 1. The average Bonchev–Trinajstić information content (AvgIpc) is 2.93. The topological polar surface area (TPSA) is 78.1 Å². The highest BCUT2D eigenvalue weighted by atomic mass is 35.5. The number of carbonyl (C=O) groups is 2. The number of benzene rings is 1. The Bertz CT molecular complexity index is 779. The van der Waals surface area contributed by atoms with Gasteiger partial charge in [0, 0.05) is 26.2 Å². The number of fused-ring (bicyclic) bond motifs is 1. The number of carbonyl (C=O) groups excluding carboxylic acids is 2. The van der Waals surface area contributed by atoms with Crippen molar-refractivity contribution in [3.8, 4) is 0 Å². The number of H-pyrrole nitrogens is 1. The Morgan fingerprint density at radius 2 is 1.81 bits per heavy atom. The van der Waals surface area contributed by atoms with Crippen molar-refractivity contribution < 1.29 is 9.59 Å². The normalized spacial score (nSPS) is 14.1. The number of hydrogen-bond donors (Lipinski definition) is 2. The molecule has 1 aromatic carbocycles. The number of nitrogens with zero attached hydrogens (tertiary/aromatic N) is 2. The Morgan fingerprint density at radius 1 is 1.19 bits per heavy atom. The van der Waals surface area contributed by atoms with Gasteiger partial charge < -0.3 is 15.2 Å². The lowest BCUT2D eigenvalue weighted by molar-refractivity contribution is -0.123. The van der Waals surface area contributed by atoms with Crippen LogP contribution in [0.15, 0.2) is 17.3 Å². The number of aromatic nitrogens is 2. The van der Waals surface area contributed by atoms with E-state index in [0.717, 1.165) is 54.7 Å². The predicted octanol–water partition coefficient (Wildman–Crippen LogP) is 3.11. The molecule has 144 valence electrons. The molecule has 10 heteroatoms. The lowest BCUT2D eigenvalue weighted by Crippen LogP contribution is -2.43. The first-order valence-corrected chi connectivity index (χ1v) is 9.04. The van der Waals surface area contributed by atoms with E-state index in [0.29, 0.717) is 10.2 Å². The molecule has 26 heavy (non-hydrogen) atoms. The van der Waals surface area contributed by atoms with Gasteiger partial charge >= 0.3 is 0 Å². The van der Waals surface area contributed by atoms with Crippen molar-refractivity contribution in [2.75, 3.05) is 31.1 Å². The van der Waals surface area contributed by atoms with Crippen LogP contribution in [0.4, 0.5) is 5.69 Å². The van der Waals surface area contributed by atoms with Crippen LogP contribution in [0.1, 0.15) is 13.8 Å². The first-order chi connectivity index (χ1) is 11.5. The molecule has 1 aliphatic rings. The van der Waals surface area contributed by atoms with Gasteiger partial charge in [-0.3, -0.25) is 9.59 Å². The second-order valence-electron chi connectivity index (χ2n) is 5.82. The number of aromatic amines is 1. The molecule has 0 unspecified atom stereocenters. The van der Waals surface area contributed by atoms with Crippen molar-refractivity contribution in [2.24, 2.45) is 0 Å². The molecular formula is C16H21Cl3N4O2S. The zero-order valence-corrected chi connectivity index (χ0v) is 17.6. The van der Waals surface area contributed by atoms with Crippen LogP contribution in [0.3, 0.4) is 0 Å². The molecule has 1 aliphatic heterocycles. The summed E-state index contributed by atoms with van der Waals surface area (Å²) < 4.78 is 0. The number of nitrogens with one attached hydrogen (secondary N) is 2. The Morgan fingerprint density at radius 3 is 2.38 bits per heavy atom. The summed E-state index contributed by atoms with van der Waals surface area (Å²) in [6.45, 7) is 6.49. The van der Waals surface area contributed by atoms with Gasteiger partial charge in [-0.15, -0.1) is 24.8 Å². The molecule has 2 aromatic rings. The molecule has 0 amide bonds. The number of hydrogen-bond acceptors (Lipinski definition) is 6. The fraction of sp³-hybridized carbons (Fsp3) is 0.438. The quantitative estimate of drug-likeness (QED) is 0.550. The molecule has 0 aliphatic carbocycles. The predicted molar refractivity (Wildman–Crippen MR) is 112 cm³/mol. The molecule has 2 heterocycles. The van der Waals surface area contributed by atoms with Crippen molar-refractivity contribution in [3.05, 3.63) is 17.2 Å². The molecule has 0 atom stereocenters. The summed E-state index contributed by atoms with van der Waals surface area (Å²) in [7, 11) is 0. The van der Waals surface area contributed by atoms with E-state index in [2.05, 4.69) is 20.2 Å². The number of anilines is 1. The standard InChI is InChI=1S/C16H19ClN4O2S.2ClH/c1-9(22)15(10(2)23)24-16-19-12-7-11(17)14(8-13(12)20-16)21-5-3-18-4-6-21;;/h7-8,15,18H,3-6H2,1-2H3,(H,19,20);2*1H. The first-order valence-electron chi connectivity index (χ1n) is 7.78. The third kappa shape index (κ3) is 5.04. The molecule has 6 nitrogen and oxygen atoms in total. The van der Waals surface area contributed by atoms with Crippen LogP contribution >= 0.6 is 48.2 Å². The number of rotatable bonds is 5. The number of Topliss-reactive ketones (excluding diaryl/α,β-unsaturated/α-hetero) is 2. The highest BCUT2D eigenvalue weighted by molar-refractivity contribution is 8.01. The van der Waals surface area contributed by atoms with Gasteiger partial charge in [0.05, 0.1) is 21.7 Å². The number of ketones is 2. The Balaban J connectivity index is 0.00000169. The average molecular weight is 440 g/mol. The maximum atomic E-state index is 11.6. The maximum absolute atomic E-state index is 11.6. The summed E-state index contributed by atoms with van der Waals surface area (Å²) in [6.07, 6.45) is 0. The minimum absolute atomic E-state index is 0. The van der Waals surface area contributed by atoms with E-state index >= 15 is 0 Å². The van der Waals surface area contributed by atoms with Gasteiger partial charge in [-0.25, -0.2) is 4.98 Å². The van der Waals surface area contributed by atoms with E-state index in [1.165, 1.54) is 13.8 Å². The highest BCUT2D eigenvalue weighted by Crippen LogP contribution is 2.32. The Labute approximate surface area is 173 Å². The van der Waals surface area contributed by atoms with E-state index < -0.39 is 5.25 Å².